The molecule has 0 fully saturated rings. The van der Waals surface area contributed by atoms with E-state index in [0.717, 1.165) is 34.7 Å². The number of hydrogen-bond donors (Lipinski definition) is 1. The zero-order chi connectivity index (χ0) is 17.6. The second-order valence-corrected chi connectivity index (χ2v) is 5.96. The van der Waals surface area contributed by atoms with E-state index < -0.39 is 0 Å². The van der Waals surface area contributed by atoms with Gasteiger partial charge >= 0.3 is 0 Å². The van der Waals surface area contributed by atoms with Crippen LogP contribution in [0.25, 0.3) is 17.8 Å². The zero-order valence-corrected chi connectivity index (χ0v) is 14.4. The molecule has 4 rings (SSSR count). The van der Waals surface area contributed by atoms with E-state index in [-0.39, 0.29) is 5.75 Å². The summed E-state index contributed by atoms with van der Waals surface area (Å²) in [6.07, 6.45) is 6.11. The predicted octanol–water partition coefficient (Wildman–Crippen LogP) is 3.72. The van der Waals surface area contributed by atoms with Crippen molar-refractivity contribution in [2.45, 2.75) is 6.54 Å². The SMILES string of the molecule is COc1ccc2c(c1)CN1C=Cc3cc(O)c(OC)c(OC)c3C1=C2. The normalized spacial score (nSPS) is 14.2. The highest BCUT2D eigenvalue weighted by Gasteiger charge is 2.29. The maximum absolute atomic E-state index is 10.2. The van der Waals surface area contributed by atoms with Crippen LogP contribution in [0.15, 0.2) is 30.5 Å². The molecule has 2 aliphatic rings. The Balaban J connectivity index is 1.93. The number of aromatic hydroxyl groups is 1. The first-order chi connectivity index (χ1) is 12.2. The average Bonchev–Trinajstić information content (AvgIpc) is 2.64. The second-order valence-electron chi connectivity index (χ2n) is 5.96. The molecule has 0 bridgehead atoms. The number of benzene rings is 2. The van der Waals surface area contributed by atoms with Crippen LogP contribution in [0.1, 0.15) is 22.3 Å². The summed E-state index contributed by atoms with van der Waals surface area (Å²) in [6, 6.07) is 7.77. The number of nitrogens with zero attached hydrogens (tertiary/aromatic N) is 1. The molecule has 2 aromatic rings. The fraction of sp³-hybridized carbons (Fsp3) is 0.200. The lowest BCUT2D eigenvalue weighted by atomic mass is 9.92. The third-order valence-electron chi connectivity index (χ3n) is 4.64. The Bertz CT molecular complexity index is 914. The van der Waals surface area contributed by atoms with Gasteiger partial charge in [-0.2, -0.15) is 0 Å². The molecule has 0 amide bonds. The first-order valence-corrected chi connectivity index (χ1v) is 7.98. The summed E-state index contributed by atoms with van der Waals surface area (Å²) in [5.41, 5.74) is 5.17. The molecule has 5 nitrogen and oxygen atoms in total. The minimum Gasteiger partial charge on any atom is -0.504 e. The van der Waals surface area contributed by atoms with Crippen molar-refractivity contribution in [3.63, 3.8) is 0 Å². The molecule has 25 heavy (non-hydrogen) atoms. The summed E-state index contributed by atoms with van der Waals surface area (Å²) in [5, 5.41) is 10.2. The van der Waals surface area contributed by atoms with Gasteiger partial charge in [-0.15, -0.1) is 0 Å². The Morgan fingerprint density at radius 1 is 0.960 bits per heavy atom. The van der Waals surface area contributed by atoms with Crippen molar-refractivity contribution in [1.82, 2.24) is 4.90 Å². The van der Waals surface area contributed by atoms with Gasteiger partial charge in [0.1, 0.15) is 5.75 Å². The molecule has 0 unspecified atom stereocenters. The molecule has 128 valence electrons. The van der Waals surface area contributed by atoms with Crippen LogP contribution in [0.4, 0.5) is 0 Å². The monoisotopic (exact) mass is 337 g/mol. The summed E-state index contributed by atoms with van der Waals surface area (Å²) in [7, 11) is 4.78. The minimum atomic E-state index is 0.0674. The predicted molar refractivity (Wildman–Crippen MR) is 96.7 cm³/mol. The summed E-state index contributed by atoms with van der Waals surface area (Å²) >= 11 is 0. The third kappa shape index (κ3) is 2.31. The van der Waals surface area contributed by atoms with E-state index in [9.17, 15) is 5.11 Å². The first-order valence-electron chi connectivity index (χ1n) is 7.98. The van der Waals surface area contributed by atoms with Crippen LogP contribution in [-0.4, -0.2) is 31.3 Å². The number of hydrogen-bond acceptors (Lipinski definition) is 5. The Morgan fingerprint density at radius 3 is 2.48 bits per heavy atom. The van der Waals surface area contributed by atoms with Gasteiger partial charge in [-0.05, 0) is 47.0 Å². The van der Waals surface area contributed by atoms with Crippen LogP contribution in [0.5, 0.6) is 23.0 Å². The lowest BCUT2D eigenvalue weighted by molar-refractivity contribution is 0.331. The van der Waals surface area contributed by atoms with Gasteiger partial charge in [-0.1, -0.05) is 6.07 Å². The van der Waals surface area contributed by atoms with Crippen molar-refractivity contribution in [2.75, 3.05) is 21.3 Å². The number of rotatable bonds is 3. The zero-order valence-electron chi connectivity index (χ0n) is 14.4. The summed E-state index contributed by atoms with van der Waals surface area (Å²) in [4.78, 5) is 2.16. The van der Waals surface area contributed by atoms with Gasteiger partial charge in [-0.3, -0.25) is 0 Å². The smallest absolute Gasteiger partial charge is 0.203 e. The van der Waals surface area contributed by atoms with Crippen LogP contribution in [0, 0.1) is 0 Å². The Kier molecular flexibility index (Phi) is 3.57. The van der Waals surface area contributed by atoms with E-state index in [4.69, 9.17) is 14.2 Å². The maximum atomic E-state index is 10.2. The van der Waals surface area contributed by atoms with Gasteiger partial charge in [0.05, 0.1) is 32.6 Å². The van der Waals surface area contributed by atoms with Crippen molar-refractivity contribution < 1.29 is 19.3 Å². The molecule has 0 spiro atoms. The molecule has 0 aromatic heterocycles. The molecule has 5 heteroatoms. The molecule has 0 atom stereocenters. The summed E-state index contributed by atoms with van der Waals surface area (Å²) < 4.78 is 16.3. The fourth-order valence-electron chi connectivity index (χ4n) is 3.44. The topological polar surface area (TPSA) is 51.2 Å². The van der Waals surface area contributed by atoms with Crippen LogP contribution >= 0.6 is 0 Å². The maximum Gasteiger partial charge on any atom is 0.203 e. The van der Waals surface area contributed by atoms with Gasteiger partial charge in [0.2, 0.25) is 5.75 Å². The van der Waals surface area contributed by atoms with Gasteiger partial charge in [0.25, 0.3) is 0 Å². The van der Waals surface area contributed by atoms with Crippen molar-refractivity contribution in [2.24, 2.45) is 0 Å². The fourth-order valence-corrected chi connectivity index (χ4v) is 3.44. The molecule has 0 saturated heterocycles. The highest BCUT2D eigenvalue weighted by atomic mass is 16.5. The Hall–Kier alpha value is -3.08. The lowest BCUT2D eigenvalue weighted by Gasteiger charge is -2.34. The van der Waals surface area contributed by atoms with Crippen LogP contribution in [0.3, 0.4) is 0 Å². The molecule has 0 aliphatic carbocycles. The third-order valence-corrected chi connectivity index (χ3v) is 4.64. The number of ether oxygens (including phenoxy) is 3. The molecule has 2 aromatic carbocycles. The van der Waals surface area contributed by atoms with Crippen molar-refractivity contribution in [3.05, 3.63) is 52.7 Å². The number of methoxy groups -OCH3 is 3. The second kappa shape index (κ2) is 5.77. The standard InChI is InChI=1S/C20H19NO4/c1-23-15-5-4-12-9-16-18-13(6-7-21(16)11-14(12)8-15)10-17(22)19(24-2)20(18)25-3/h4-10,22H,11H2,1-3H3. The van der Waals surface area contributed by atoms with Crippen molar-refractivity contribution in [1.29, 1.82) is 0 Å². The van der Waals surface area contributed by atoms with Gasteiger partial charge in [0, 0.05) is 12.7 Å². The van der Waals surface area contributed by atoms with E-state index in [0.29, 0.717) is 11.5 Å². The number of fused-ring (bicyclic) bond motifs is 4. The number of phenols is 1. The molecular weight excluding hydrogens is 318 g/mol. The highest BCUT2D eigenvalue weighted by molar-refractivity contribution is 5.93. The first kappa shape index (κ1) is 15.4. The molecule has 2 aliphatic heterocycles. The van der Waals surface area contributed by atoms with E-state index in [1.165, 1.54) is 12.7 Å². The molecule has 0 radical (unpaired) electrons. The van der Waals surface area contributed by atoms with Gasteiger partial charge < -0.3 is 24.2 Å². The van der Waals surface area contributed by atoms with Crippen LogP contribution < -0.4 is 14.2 Å². The number of phenolic OH excluding ortho intramolecular Hbond substituents is 1. The average molecular weight is 337 g/mol. The molecular formula is C20H19NO4. The van der Waals surface area contributed by atoms with E-state index in [1.54, 1.807) is 20.3 Å². The lowest BCUT2D eigenvalue weighted by Crippen LogP contribution is -2.22. The Labute approximate surface area is 146 Å². The molecule has 1 N–H and O–H groups in total. The van der Waals surface area contributed by atoms with Crippen LogP contribution in [0.2, 0.25) is 0 Å². The summed E-state index contributed by atoms with van der Waals surface area (Å²) in [6.45, 7) is 0.737. The quantitative estimate of drug-likeness (QED) is 0.925. The van der Waals surface area contributed by atoms with E-state index in [1.807, 2.05) is 18.3 Å². The highest BCUT2D eigenvalue weighted by Crippen LogP contribution is 2.48. The molecule has 0 saturated carbocycles. The largest absolute Gasteiger partial charge is 0.504 e. The van der Waals surface area contributed by atoms with Gasteiger partial charge in [0.15, 0.2) is 11.5 Å². The van der Waals surface area contributed by atoms with Gasteiger partial charge in [-0.25, -0.2) is 0 Å². The van der Waals surface area contributed by atoms with E-state index in [2.05, 4.69) is 23.1 Å². The summed E-state index contributed by atoms with van der Waals surface area (Å²) in [5.74, 6) is 1.80. The molecule has 2 heterocycles. The van der Waals surface area contributed by atoms with Crippen molar-refractivity contribution >= 4 is 17.8 Å². The van der Waals surface area contributed by atoms with E-state index >= 15 is 0 Å². The van der Waals surface area contributed by atoms with Crippen LogP contribution in [-0.2, 0) is 6.54 Å². The van der Waals surface area contributed by atoms with Crippen molar-refractivity contribution in [3.8, 4) is 23.0 Å². The minimum absolute atomic E-state index is 0.0674. The Morgan fingerprint density at radius 2 is 1.76 bits per heavy atom.